The molecule has 0 unspecified atom stereocenters. The zero-order chi connectivity index (χ0) is 17.2. The van der Waals surface area contributed by atoms with Crippen LogP contribution in [0.3, 0.4) is 0 Å². The van der Waals surface area contributed by atoms with Gasteiger partial charge in [0.05, 0.1) is 23.3 Å². The summed E-state index contributed by atoms with van der Waals surface area (Å²) in [6.07, 6.45) is 0. The van der Waals surface area contributed by atoms with Crippen LogP contribution in [-0.4, -0.2) is 0 Å². The van der Waals surface area contributed by atoms with Gasteiger partial charge < -0.3 is 5.32 Å². The highest BCUT2D eigenvalue weighted by atomic mass is 35.5. The Bertz CT molecular complexity index is 973. The van der Waals surface area contributed by atoms with Gasteiger partial charge in [-0.2, -0.15) is 10.5 Å². The average Bonchev–Trinajstić information content (AvgIpc) is 3.14. The predicted molar refractivity (Wildman–Crippen MR) is 105 cm³/mol. The summed E-state index contributed by atoms with van der Waals surface area (Å²) in [4.78, 5) is 0. The molecular weight excluding hydrogens is 342 g/mol. The van der Waals surface area contributed by atoms with E-state index in [-0.39, 0.29) is 12.4 Å². The van der Waals surface area contributed by atoms with Crippen molar-refractivity contribution in [2.24, 2.45) is 0 Å². The second kappa shape index (κ2) is 7.42. The van der Waals surface area contributed by atoms with Crippen LogP contribution in [0.1, 0.15) is 22.3 Å². The zero-order valence-electron chi connectivity index (χ0n) is 14.0. The molecule has 1 aliphatic heterocycles. The molecule has 0 bridgehead atoms. The van der Waals surface area contributed by atoms with Gasteiger partial charge in [-0.05, 0) is 46.5 Å². The van der Waals surface area contributed by atoms with Gasteiger partial charge in [-0.1, -0.05) is 36.4 Å². The number of halogens is 1. The first-order valence-electron chi connectivity index (χ1n) is 8.17. The fourth-order valence-corrected chi connectivity index (χ4v) is 3.43. The van der Waals surface area contributed by atoms with Crippen LogP contribution in [0.4, 0.5) is 0 Å². The van der Waals surface area contributed by atoms with E-state index in [2.05, 4.69) is 29.6 Å². The summed E-state index contributed by atoms with van der Waals surface area (Å²) in [5.74, 6) is 0. The van der Waals surface area contributed by atoms with E-state index in [0.717, 1.165) is 35.3 Å². The van der Waals surface area contributed by atoms with Crippen molar-refractivity contribution in [3.8, 4) is 34.4 Å². The van der Waals surface area contributed by atoms with Crippen molar-refractivity contribution in [3.63, 3.8) is 0 Å². The van der Waals surface area contributed by atoms with Crippen molar-refractivity contribution in [2.75, 3.05) is 0 Å². The Hall–Kier alpha value is -3.11. The molecule has 126 valence electrons. The second-order valence-electron chi connectivity index (χ2n) is 6.08. The third-order valence-electron chi connectivity index (χ3n) is 4.65. The molecule has 0 aliphatic carbocycles. The number of nitrogens with one attached hydrogen (secondary N) is 1. The van der Waals surface area contributed by atoms with Crippen molar-refractivity contribution >= 4 is 12.4 Å². The lowest BCUT2D eigenvalue weighted by Crippen LogP contribution is -1.99. The van der Waals surface area contributed by atoms with Crippen LogP contribution in [0.25, 0.3) is 22.3 Å². The van der Waals surface area contributed by atoms with Crippen LogP contribution in [0.15, 0.2) is 60.7 Å². The quantitative estimate of drug-likeness (QED) is 0.717. The van der Waals surface area contributed by atoms with E-state index in [1.54, 1.807) is 0 Å². The monoisotopic (exact) mass is 357 g/mol. The topological polar surface area (TPSA) is 59.6 Å². The molecule has 4 rings (SSSR count). The number of fused-ring (bicyclic) bond motifs is 1. The predicted octanol–water partition coefficient (Wildman–Crippen LogP) is 4.79. The molecule has 0 spiro atoms. The Morgan fingerprint density at radius 2 is 1.08 bits per heavy atom. The van der Waals surface area contributed by atoms with Crippen LogP contribution in [0.5, 0.6) is 0 Å². The molecule has 26 heavy (non-hydrogen) atoms. The van der Waals surface area contributed by atoms with Crippen molar-refractivity contribution in [1.82, 2.24) is 5.32 Å². The molecule has 1 heterocycles. The molecule has 1 aliphatic rings. The molecule has 1 N–H and O–H groups in total. The van der Waals surface area contributed by atoms with Gasteiger partial charge in [-0.3, -0.25) is 0 Å². The van der Waals surface area contributed by atoms with Crippen LogP contribution in [-0.2, 0) is 13.1 Å². The Morgan fingerprint density at radius 3 is 1.50 bits per heavy atom. The van der Waals surface area contributed by atoms with Crippen LogP contribution < -0.4 is 5.32 Å². The van der Waals surface area contributed by atoms with Gasteiger partial charge >= 0.3 is 0 Å². The highest BCUT2D eigenvalue weighted by Gasteiger charge is 2.19. The van der Waals surface area contributed by atoms with E-state index in [1.807, 2.05) is 48.5 Å². The summed E-state index contributed by atoms with van der Waals surface area (Å²) in [5.41, 5.74) is 7.60. The van der Waals surface area contributed by atoms with Gasteiger partial charge in [-0.25, -0.2) is 0 Å². The Balaban J connectivity index is 0.00000196. The maximum absolute atomic E-state index is 9.52. The van der Waals surface area contributed by atoms with Crippen LogP contribution >= 0.6 is 12.4 Å². The Morgan fingerprint density at radius 1 is 0.654 bits per heavy atom. The average molecular weight is 358 g/mol. The number of hydrogen-bond donors (Lipinski definition) is 1. The van der Waals surface area contributed by atoms with Crippen molar-refractivity contribution in [1.29, 1.82) is 10.5 Å². The Labute approximate surface area is 158 Å². The molecule has 0 atom stereocenters. The molecule has 3 aromatic rings. The molecule has 0 amide bonds. The molecule has 0 saturated heterocycles. The lowest BCUT2D eigenvalue weighted by Gasteiger charge is -2.15. The summed E-state index contributed by atoms with van der Waals surface area (Å²) in [7, 11) is 0. The fourth-order valence-electron chi connectivity index (χ4n) is 3.43. The van der Waals surface area contributed by atoms with E-state index < -0.39 is 0 Å². The first-order chi connectivity index (χ1) is 12.3. The summed E-state index contributed by atoms with van der Waals surface area (Å²) >= 11 is 0. The number of nitriles is 2. The maximum Gasteiger partial charge on any atom is 0.0998 e. The first-order valence-corrected chi connectivity index (χ1v) is 8.17. The number of nitrogens with zero attached hydrogens (tertiary/aromatic N) is 2. The minimum atomic E-state index is 0. The van der Waals surface area contributed by atoms with Crippen molar-refractivity contribution < 1.29 is 0 Å². The van der Waals surface area contributed by atoms with E-state index in [4.69, 9.17) is 0 Å². The third-order valence-corrected chi connectivity index (χ3v) is 4.65. The van der Waals surface area contributed by atoms with E-state index >= 15 is 0 Å². The highest BCUT2D eigenvalue weighted by Crippen LogP contribution is 2.38. The highest BCUT2D eigenvalue weighted by molar-refractivity contribution is 5.89. The molecule has 0 fully saturated rings. The first kappa shape index (κ1) is 17.7. The Kier molecular flexibility index (Phi) is 5.05. The van der Waals surface area contributed by atoms with Crippen LogP contribution in [0.2, 0.25) is 0 Å². The van der Waals surface area contributed by atoms with Crippen molar-refractivity contribution in [2.45, 2.75) is 13.1 Å². The van der Waals surface area contributed by atoms with Gasteiger partial charge in [0.15, 0.2) is 0 Å². The molecule has 0 radical (unpaired) electrons. The van der Waals surface area contributed by atoms with Gasteiger partial charge in [-0.15, -0.1) is 12.4 Å². The third kappa shape index (κ3) is 2.95. The van der Waals surface area contributed by atoms with Gasteiger partial charge in [0.25, 0.3) is 0 Å². The summed E-state index contributed by atoms with van der Waals surface area (Å²) in [5, 5.41) is 22.4. The van der Waals surface area contributed by atoms with Gasteiger partial charge in [0.1, 0.15) is 0 Å². The van der Waals surface area contributed by atoms with Crippen LogP contribution in [0, 0.1) is 22.7 Å². The van der Waals surface area contributed by atoms with E-state index in [1.165, 1.54) is 11.1 Å². The molecule has 0 aromatic heterocycles. The number of rotatable bonds is 2. The van der Waals surface area contributed by atoms with E-state index in [9.17, 15) is 10.5 Å². The lowest BCUT2D eigenvalue weighted by atomic mass is 9.87. The lowest BCUT2D eigenvalue weighted by molar-refractivity contribution is 0.765. The maximum atomic E-state index is 9.52. The van der Waals surface area contributed by atoms with Gasteiger partial charge in [0.2, 0.25) is 0 Å². The fraction of sp³-hybridized carbons (Fsp3) is 0.0909. The molecule has 3 nitrogen and oxygen atoms in total. The number of benzene rings is 3. The number of hydrogen-bond acceptors (Lipinski definition) is 3. The standard InChI is InChI=1S/C22H15N3.ClH/c23-11-15-5-1-3-7-19(15)21-9-17-13-25-14-18(17)10-22(21)20-8-4-2-6-16(20)12-24;/h1-10,25H,13-14H2;1H. The normalized spacial score (nSPS) is 11.8. The summed E-state index contributed by atoms with van der Waals surface area (Å²) in [6.45, 7) is 1.66. The minimum Gasteiger partial charge on any atom is -0.309 e. The molecule has 3 aromatic carbocycles. The van der Waals surface area contributed by atoms with Gasteiger partial charge in [0, 0.05) is 24.2 Å². The van der Waals surface area contributed by atoms with Crippen molar-refractivity contribution in [3.05, 3.63) is 82.9 Å². The smallest absolute Gasteiger partial charge is 0.0998 e. The largest absolute Gasteiger partial charge is 0.309 e. The molecular formula is C22H16ClN3. The van der Waals surface area contributed by atoms with E-state index in [0.29, 0.717) is 11.1 Å². The molecule has 4 heteroatoms. The molecule has 0 saturated carbocycles. The minimum absolute atomic E-state index is 0. The second-order valence-corrected chi connectivity index (χ2v) is 6.08. The SMILES string of the molecule is Cl.N#Cc1ccccc1-c1cc2c(cc1-c1ccccc1C#N)CNC2. The zero-order valence-corrected chi connectivity index (χ0v) is 14.8. The summed E-state index contributed by atoms with van der Waals surface area (Å²) < 4.78 is 0. The summed E-state index contributed by atoms with van der Waals surface area (Å²) in [6, 6.07) is 24.2.